The van der Waals surface area contributed by atoms with Gasteiger partial charge in [-0.3, -0.25) is 4.99 Å². The molecule has 0 aromatic carbocycles. The zero-order valence-electron chi connectivity index (χ0n) is 12.5. The van der Waals surface area contributed by atoms with Crippen LogP contribution in [0.5, 0.6) is 0 Å². The van der Waals surface area contributed by atoms with Crippen molar-refractivity contribution in [3.8, 4) is 0 Å². The van der Waals surface area contributed by atoms with E-state index in [-0.39, 0.29) is 5.54 Å². The van der Waals surface area contributed by atoms with Crippen molar-refractivity contribution in [2.45, 2.75) is 47.1 Å². The fourth-order valence-electron chi connectivity index (χ4n) is 2.28. The molecule has 0 aromatic heterocycles. The maximum Gasteiger partial charge on any atom is 0.0741 e. The minimum Gasteiger partial charge on any atom is -0.279 e. The monoisotopic (exact) mass is 285 g/mol. The van der Waals surface area contributed by atoms with Crippen LogP contribution in [-0.4, -0.2) is 22.3 Å². The Bertz CT molecular complexity index is 418. The Kier molecular flexibility index (Phi) is 5.80. The third-order valence-electron chi connectivity index (χ3n) is 2.85. The molecule has 1 aliphatic heterocycles. The van der Waals surface area contributed by atoms with Crippen molar-refractivity contribution >= 4 is 17.8 Å². The fourth-order valence-corrected chi connectivity index (χ4v) is 2.73. The summed E-state index contributed by atoms with van der Waals surface area (Å²) >= 11 is 1.07. The largest absolute Gasteiger partial charge is 0.279 e. The van der Waals surface area contributed by atoms with Crippen molar-refractivity contribution in [1.82, 2.24) is 0 Å². The lowest BCUT2D eigenvalue weighted by Gasteiger charge is -2.30. The molecule has 4 nitrogen and oxygen atoms in total. The molecule has 1 N–H and O–H groups in total. The standard InChI is InChI=1S/C14H23NO3S/c1-9(2)12-11(8-19-18-17-16)7-14(5,6)15-13(12)10(3)4/h7,10,16H,8H2,1-6H3. The molecule has 0 amide bonds. The summed E-state index contributed by atoms with van der Waals surface area (Å²) in [5.41, 5.74) is 4.52. The van der Waals surface area contributed by atoms with Crippen LogP contribution >= 0.6 is 12.0 Å². The van der Waals surface area contributed by atoms with E-state index in [9.17, 15) is 0 Å². The van der Waals surface area contributed by atoms with Crippen LogP contribution in [0.1, 0.15) is 41.5 Å². The van der Waals surface area contributed by atoms with Crippen LogP contribution in [0.3, 0.4) is 0 Å². The molecule has 0 unspecified atom stereocenters. The van der Waals surface area contributed by atoms with Gasteiger partial charge in [-0.2, -0.15) is 0 Å². The van der Waals surface area contributed by atoms with E-state index in [1.807, 2.05) is 0 Å². The maximum atomic E-state index is 8.22. The Balaban J connectivity index is 3.12. The first kappa shape index (κ1) is 16.4. The van der Waals surface area contributed by atoms with Crippen molar-refractivity contribution in [2.75, 3.05) is 5.75 Å². The topological polar surface area (TPSA) is 51.0 Å². The number of hydrogen-bond acceptors (Lipinski definition) is 5. The Hall–Kier alpha value is -0.620. The number of rotatable bonds is 5. The van der Waals surface area contributed by atoms with Gasteiger partial charge in [-0.05, 0) is 44.8 Å². The van der Waals surface area contributed by atoms with Crippen molar-refractivity contribution in [3.05, 3.63) is 22.8 Å². The summed E-state index contributed by atoms with van der Waals surface area (Å²) in [7, 11) is 0. The van der Waals surface area contributed by atoms with Gasteiger partial charge in [0.1, 0.15) is 0 Å². The Morgan fingerprint density at radius 1 is 1.42 bits per heavy atom. The van der Waals surface area contributed by atoms with E-state index in [0.29, 0.717) is 11.7 Å². The molecule has 1 aliphatic rings. The fraction of sp³-hybridized carbons (Fsp3) is 0.643. The average molecular weight is 285 g/mol. The average Bonchev–Trinajstić information content (AvgIpc) is 2.26. The molecule has 1 rings (SSSR count). The predicted octanol–water partition coefficient (Wildman–Crippen LogP) is 4.21. The highest BCUT2D eigenvalue weighted by molar-refractivity contribution is 7.94. The van der Waals surface area contributed by atoms with Crippen LogP contribution in [-0.2, 0) is 9.37 Å². The van der Waals surface area contributed by atoms with Crippen LogP contribution in [0.4, 0.5) is 0 Å². The molecular formula is C14H23NO3S. The highest BCUT2D eigenvalue weighted by Gasteiger charge is 2.27. The highest BCUT2D eigenvalue weighted by atomic mass is 32.2. The van der Waals surface area contributed by atoms with Crippen molar-refractivity contribution in [3.63, 3.8) is 0 Å². The molecule has 0 saturated heterocycles. The van der Waals surface area contributed by atoms with E-state index in [2.05, 4.69) is 57.0 Å². The first-order chi connectivity index (χ1) is 8.78. The molecular weight excluding hydrogens is 262 g/mol. The Labute approximate surface area is 119 Å². The number of allylic oxidation sites excluding steroid dienone is 2. The third-order valence-corrected chi connectivity index (χ3v) is 3.44. The zero-order chi connectivity index (χ0) is 14.6. The van der Waals surface area contributed by atoms with E-state index in [4.69, 9.17) is 10.2 Å². The van der Waals surface area contributed by atoms with Crippen LogP contribution < -0.4 is 0 Å². The molecule has 5 heteroatoms. The van der Waals surface area contributed by atoms with Gasteiger partial charge in [0, 0.05) is 23.5 Å². The molecule has 0 atom stereocenters. The summed E-state index contributed by atoms with van der Waals surface area (Å²) < 4.78 is 4.50. The first-order valence-electron chi connectivity index (χ1n) is 6.38. The van der Waals surface area contributed by atoms with Gasteiger partial charge in [0.15, 0.2) is 0 Å². The molecule has 0 saturated carbocycles. The molecule has 19 heavy (non-hydrogen) atoms. The van der Waals surface area contributed by atoms with E-state index < -0.39 is 0 Å². The quantitative estimate of drug-likeness (QED) is 0.356. The summed E-state index contributed by atoms with van der Waals surface area (Å²) in [6, 6.07) is 0. The van der Waals surface area contributed by atoms with E-state index in [0.717, 1.165) is 17.8 Å². The predicted molar refractivity (Wildman–Crippen MR) is 80.1 cm³/mol. The summed E-state index contributed by atoms with van der Waals surface area (Å²) in [6.07, 6.45) is 2.15. The lowest BCUT2D eigenvalue weighted by Crippen LogP contribution is -2.28. The Morgan fingerprint density at radius 3 is 2.53 bits per heavy atom. The summed E-state index contributed by atoms with van der Waals surface area (Å²) in [5.74, 6) is 0.976. The van der Waals surface area contributed by atoms with Gasteiger partial charge in [0.25, 0.3) is 0 Å². The number of nitrogens with zero attached hydrogens (tertiary/aromatic N) is 1. The normalized spacial score (nSPS) is 18.4. The smallest absolute Gasteiger partial charge is 0.0741 e. The molecule has 108 valence electrons. The second kappa shape index (κ2) is 6.70. The zero-order valence-corrected chi connectivity index (χ0v) is 13.3. The second-order valence-electron chi connectivity index (χ2n) is 5.75. The van der Waals surface area contributed by atoms with E-state index >= 15 is 0 Å². The molecule has 1 heterocycles. The number of aliphatic imine (C=N–C) groups is 1. The van der Waals surface area contributed by atoms with Gasteiger partial charge in [-0.25, -0.2) is 5.26 Å². The lowest BCUT2D eigenvalue weighted by molar-refractivity contribution is -0.432. The van der Waals surface area contributed by atoms with Crippen LogP contribution in [0.15, 0.2) is 27.8 Å². The van der Waals surface area contributed by atoms with Crippen LogP contribution in [0.25, 0.3) is 0 Å². The summed E-state index contributed by atoms with van der Waals surface area (Å²) in [5, 5.41) is 11.9. The summed E-state index contributed by atoms with van der Waals surface area (Å²) in [4.78, 5) is 4.85. The third kappa shape index (κ3) is 4.45. The molecule has 0 bridgehead atoms. The van der Waals surface area contributed by atoms with Crippen molar-refractivity contribution in [2.24, 2.45) is 10.9 Å². The minimum absolute atomic E-state index is 0.214. The van der Waals surface area contributed by atoms with Gasteiger partial charge in [-0.1, -0.05) is 30.5 Å². The lowest BCUT2D eigenvalue weighted by atomic mass is 9.84. The van der Waals surface area contributed by atoms with Crippen molar-refractivity contribution < 1.29 is 14.6 Å². The first-order valence-corrected chi connectivity index (χ1v) is 7.29. The molecule has 0 aromatic rings. The van der Waals surface area contributed by atoms with E-state index in [1.165, 1.54) is 16.7 Å². The van der Waals surface area contributed by atoms with Gasteiger partial charge in [-0.15, -0.1) is 4.33 Å². The molecule has 0 aliphatic carbocycles. The van der Waals surface area contributed by atoms with Crippen LogP contribution in [0, 0.1) is 5.92 Å². The number of dihydropyridines is 1. The SMILES string of the molecule is CC(C)=C1C(CSOOO)=CC(C)(C)N=C1C(C)C. The number of hydrogen-bond donors (Lipinski definition) is 1. The Morgan fingerprint density at radius 2 is 2.05 bits per heavy atom. The molecule has 0 fully saturated rings. The molecule has 0 radical (unpaired) electrons. The maximum absolute atomic E-state index is 8.22. The van der Waals surface area contributed by atoms with Crippen LogP contribution in [0.2, 0.25) is 0 Å². The second-order valence-corrected chi connectivity index (χ2v) is 6.42. The van der Waals surface area contributed by atoms with Gasteiger partial charge < -0.3 is 0 Å². The highest BCUT2D eigenvalue weighted by Crippen LogP contribution is 2.33. The van der Waals surface area contributed by atoms with Crippen molar-refractivity contribution in [1.29, 1.82) is 0 Å². The van der Waals surface area contributed by atoms with Gasteiger partial charge in [0.2, 0.25) is 0 Å². The molecule has 0 spiro atoms. The summed E-state index contributed by atoms with van der Waals surface area (Å²) in [6.45, 7) is 12.7. The van der Waals surface area contributed by atoms with Gasteiger partial charge >= 0.3 is 0 Å². The minimum atomic E-state index is -0.214. The van der Waals surface area contributed by atoms with Gasteiger partial charge in [0.05, 0.1) is 5.54 Å². The van der Waals surface area contributed by atoms with E-state index in [1.54, 1.807) is 0 Å².